The first-order chi connectivity index (χ1) is 13.2. The summed E-state index contributed by atoms with van der Waals surface area (Å²) in [6, 6.07) is 5.97. The van der Waals surface area contributed by atoms with Crippen LogP contribution in [-0.2, 0) is 4.79 Å². The van der Waals surface area contributed by atoms with Crippen LogP contribution in [0.3, 0.4) is 0 Å². The lowest BCUT2D eigenvalue weighted by molar-refractivity contribution is -0.133. The quantitative estimate of drug-likeness (QED) is 0.795. The Morgan fingerprint density at radius 2 is 1.96 bits per heavy atom. The first-order valence-corrected chi connectivity index (χ1v) is 10.3. The number of carbonyl (C=O) groups is 1. The molecule has 1 amide bonds. The van der Waals surface area contributed by atoms with Crippen LogP contribution >= 0.6 is 0 Å². The Morgan fingerprint density at radius 3 is 2.81 bits per heavy atom. The minimum atomic E-state index is 0.0850. The molecular formula is C21H28N2O4. The normalized spacial score (nSPS) is 27.3. The number of benzene rings is 1. The van der Waals surface area contributed by atoms with Crippen LogP contribution in [0.1, 0.15) is 32.1 Å². The van der Waals surface area contributed by atoms with Crippen molar-refractivity contribution in [2.45, 2.75) is 38.1 Å². The third kappa shape index (κ3) is 3.59. The van der Waals surface area contributed by atoms with E-state index in [0.29, 0.717) is 23.5 Å². The molecule has 27 heavy (non-hydrogen) atoms. The average molecular weight is 372 g/mol. The predicted molar refractivity (Wildman–Crippen MR) is 100 cm³/mol. The predicted octanol–water partition coefficient (Wildman–Crippen LogP) is 2.52. The first-order valence-electron chi connectivity index (χ1n) is 10.3. The minimum absolute atomic E-state index is 0.0850. The Balaban J connectivity index is 1.18. The Labute approximate surface area is 160 Å². The molecule has 0 spiro atoms. The van der Waals surface area contributed by atoms with Gasteiger partial charge < -0.3 is 19.1 Å². The van der Waals surface area contributed by atoms with E-state index in [-0.39, 0.29) is 19.3 Å². The van der Waals surface area contributed by atoms with Crippen molar-refractivity contribution in [3.8, 4) is 17.2 Å². The largest absolute Gasteiger partial charge is 0.484 e. The third-order valence-electron chi connectivity index (χ3n) is 6.60. The van der Waals surface area contributed by atoms with Crippen molar-refractivity contribution in [2.24, 2.45) is 11.8 Å². The van der Waals surface area contributed by atoms with Crippen molar-refractivity contribution >= 4 is 5.91 Å². The van der Waals surface area contributed by atoms with Crippen molar-refractivity contribution < 1.29 is 19.0 Å². The second-order valence-corrected chi connectivity index (χ2v) is 8.45. The number of carbonyl (C=O) groups excluding carboxylic acids is 1. The highest BCUT2D eigenvalue weighted by molar-refractivity contribution is 5.78. The van der Waals surface area contributed by atoms with E-state index in [9.17, 15) is 4.79 Å². The lowest BCUT2D eigenvalue weighted by Crippen LogP contribution is -2.47. The van der Waals surface area contributed by atoms with E-state index >= 15 is 0 Å². The van der Waals surface area contributed by atoms with Gasteiger partial charge in [-0.05, 0) is 49.7 Å². The monoisotopic (exact) mass is 372 g/mol. The molecule has 3 saturated heterocycles. The maximum absolute atomic E-state index is 12.8. The van der Waals surface area contributed by atoms with Gasteiger partial charge in [-0.15, -0.1) is 0 Å². The minimum Gasteiger partial charge on any atom is -0.484 e. The molecule has 4 fully saturated rings. The van der Waals surface area contributed by atoms with Crippen molar-refractivity contribution in [3.05, 3.63) is 18.2 Å². The summed E-state index contributed by atoms with van der Waals surface area (Å²) in [4.78, 5) is 17.5. The number of fused-ring (bicyclic) bond motifs is 5. The van der Waals surface area contributed by atoms with Crippen LogP contribution in [0.4, 0.5) is 0 Å². The summed E-state index contributed by atoms with van der Waals surface area (Å²) in [6.45, 7) is 4.45. The second-order valence-electron chi connectivity index (χ2n) is 8.45. The van der Waals surface area contributed by atoms with E-state index in [2.05, 4.69) is 4.90 Å². The summed E-state index contributed by atoms with van der Waals surface area (Å²) in [5.41, 5.74) is 0. The number of ether oxygens (including phenoxy) is 3. The fraction of sp³-hybridized carbons (Fsp3) is 0.667. The van der Waals surface area contributed by atoms with Gasteiger partial charge in [-0.2, -0.15) is 0 Å². The summed E-state index contributed by atoms with van der Waals surface area (Å²) in [7, 11) is 0. The van der Waals surface area contributed by atoms with Gasteiger partial charge in [-0.1, -0.05) is 6.42 Å². The van der Waals surface area contributed by atoms with E-state index in [1.54, 1.807) is 6.07 Å². The number of hydrogen-bond donors (Lipinski definition) is 0. The highest BCUT2D eigenvalue weighted by atomic mass is 16.7. The topological polar surface area (TPSA) is 51.2 Å². The highest BCUT2D eigenvalue weighted by Gasteiger charge is 2.37. The standard InChI is InChI=1S/C21H28N2O4/c24-21(13-25-18-6-7-19-20(8-18)27-14-26-19)23-11-16-4-5-17(12-23)22(10-16)9-15-2-1-3-15/h6-8,15-17H,1-5,9-14H2/t16-,17-/m0/s1. The molecule has 0 aromatic heterocycles. The van der Waals surface area contributed by atoms with Crippen molar-refractivity contribution in [1.29, 1.82) is 0 Å². The molecule has 1 aromatic rings. The fourth-order valence-electron chi connectivity index (χ4n) is 4.82. The maximum atomic E-state index is 12.8. The Kier molecular flexibility index (Phi) is 4.60. The number of rotatable bonds is 5. The first kappa shape index (κ1) is 17.2. The molecule has 6 nitrogen and oxygen atoms in total. The zero-order valence-electron chi connectivity index (χ0n) is 15.8. The van der Waals surface area contributed by atoms with Gasteiger partial charge in [0, 0.05) is 38.3 Å². The van der Waals surface area contributed by atoms with Gasteiger partial charge in [0.05, 0.1) is 0 Å². The molecule has 6 rings (SSSR count). The molecule has 6 heteroatoms. The van der Waals surface area contributed by atoms with Gasteiger partial charge in [-0.3, -0.25) is 9.69 Å². The molecule has 1 aliphatic carbocycles. The number of piperidine rings is 1. The molecule has 2 atom stereocenters. The Hall–Kier alpha value is -1.95. The van der Waals surface area contributed by atoms with E-state index < -0.39 is 0 Å². The Morgan fingerprint density at radius 1 is 1.07 bits per heavy atom. The van der Waals surface area contributed by atoms with E-state index in [1.807, 2.05) is 17.0 Å². The summed E-state index contributed by atoms with van der Waals surface area (Å²) >= 11 is 0. The third-order valence-corrected chi connectivity index (χ3v) is 6.60. The zero-order chi connectivity index (χ0) is 18.2. The lowest BCUT2D eigenvalue weighted by atomic mass is 9.83. The Bertz CT molecular complexity index is 705. The van der Waals surface area contributed by atoms with E-state index in [1.165, 1.54) is 38.6 Å². The summed E-state index contributed by atoms with van der Waals surface area (Å²) in [6.07, 6.45) is 6.65. The number of hydrogen-bond acceptors (Lipinski definition) is 5. The van der Waals surface area contributed by atoms with Gasteiger partial charge >= 0.3 is 0 Å². The maximum Gasteiger partial charge on any atom is 0.260 e. The molecule has 1 saturated carbocycles. The molecule has 0 radical (unpaired) electrons. The van der Waals surface area contributed by atoms with Crippen LogP contribution in [0.15, 0.2) is 18.2 Å². The summed E-state index contributed by atoms with van der Waals surface area (Å²) in [5, 5.41) is 0. The SMILES string of the molecule is O=C(COc1ccc2c(c1)OCO2)N1C[C@H]2CC[C@@H](C1)N(CC1CCC1)C2. The fourth-order valence-corrected chi connectivity index (χ4v) is 4.82. The van der Waals surface area contributed by atoms with Crippen LogP contribution in [0.2, 0.25) is 0 Å². The van der Waals surface area contributed by atoms with Crippen LogP contribution in [0, 0.1) is 11.8 Å². The van der Waals surface area contributed by atoms with Gasteiger partial charge in [-0.25, -0.2) is 0 Å². The smallest absolute Gasteiger partial charge is 0.260 e. The molecule has 0 unspecified atom stereocenters. The van der Waals surface area contributed by atoms with Crippen molar-refractivity contribution in [3.63, 3.8) is 0 Å². The van der Waals surface area contributed by atoms with Gasteiger partial charge in [0.15, 0.2) is 18.1 Å². The highest BCUT2D eigenvalue weighted by Crippen LogP contribution is 2.35. The van der Waals surface area contributed by atoms with Crippen molar-refractivity contribution in [1.82, 2.24) is 9.80 Å². The molecule has 2 bridgehead atoms. The molecule has 0 N–H and O–H groups in total. The number of nitrogens with zero attached hydrogens (tertiary/aromatic N) is 2. The lowest BCUT2D eigenvalue weighted by Gasteiger charge is -2.40. The number of amides is 1. The molecule has 4 heterocycles. The van der Waals surface area contributed by atoms with Crippen LogP contribution in [-0.4, -0.2) is 61.3 Å². The molecule has 4 aliphatic heterocycles. The zero-order valence-corrected chi connectivity index (χ0v) is 15.8. The van der Waals surface area contributed by atoms with Gasteiger partial charge in [0.1, 0.15) is 5.75 Å². The van der Waals surface area contributed by atoms with E-state index in [4.69, 9.17) is 14.2 Å². The summed E-state index contributed by atoms with van der Waals surface area (Å²) < 4.78 is 16.4. The van der Waals surface area contributed by atoms with Crippen LogP contribution in [0.5, 0.6) is 17.2 Å². The van der Waals surface area contributed by atoms with Crippen molar-refractivity contribution in [2.75, 3.05) is 39.6 Å². The molecule has 146 valence electrons. The summed E-state index contributed by atoms with van der Waals surface area (Å²) in [5.74, 6) is 3.65. The van der Waals surface area contributed by atoms with Crippen LogP contribution < -0.4 is 14.2 Å². The van der Waals surface area contributed by atoms with Gasteiger partial charge in [0.2, 0.25) is 6.79 Å². The van der Waals surface area contributed by atoms with Crippen LogP contribution in [0.25, 0.3) is 0 Å². The molecule has 1 aromatic carbocycles. The average Bonchev–Trinajstić information content (AvgIpc) is 2.92. The van der Waals surface area contributed by atoms with Gasteiger partial charge in [0.25, 0.3) is 5.91 Å². The molecular weight excluding hydrogens is 344 g/mol. The second kappa shape index (κ2) is 7.23. The molecule has 5 aliphatic rings. The van der Waals surface area contributed by atoms with E-state index in [0.717, 1.165) is 31.3 Å².